The summed E-state index contributed by atoms with van der Waals surface area (Å²) in [6, 6.07) is 59.3. The molecule has 4 amide bonds. The van der Waals surface area contributed by atoms with E-state index < -0.39 is 0 Å². The first-order valence-corrected chi connectivity index (χ1v) is 47.5. The molecule has 0 atom stereocenters. The Bertz CT molecular complexity index is 7690. The minimum atomic E-state index is -0.191. The van der Waals surface area contributed by atoms with Gasteiger partial charge >= 0.3 is 0 Å². The topological polar surface area (TPSA) is 473 Å². The van der Waals surface area contributed by atoms with Gasteiger partial charge in [-0.05, 0) is 181 Å². The number of piperazine rings is 2. The molecule has 2 fully saturated rings. The summed E-state index contributed by atoms with van der Waals surface area (Å²) < 4.78 is 6.18. The van der Waals surface area contributed by atoms with E-state index in [9.17, 15) is 28.8 Å². The van der Waals surface area contributed by atoms with E-state index in [1.54, 1.807) is 118 Å². The van der Waals surface area contributed by atoms with Crippen LogP contribution < -0.4 is 69.4 Å². The number of carbonyl (C=O) groups is 6. The Kier molecular flexibility index (Phi) is 32.8. The minimum Gasteiger partial charge on any atom is -0.496 e. The molecule has 6 aromatic carbocycles. The van der Waals surface area contributed by atoms with Crippen molar-refractivity contribution in [3.8, 4) is 16.9 Å². The smallest absolute Gasteiger partial charge is 0.253 e. The van der Waals surface area contributed by atoms with Crippen molar-refractivity contribution in [2.45, 2.75) is 52.2 Å². The molecule has 143 heavy (non-hydrogen) atoms. The van der Waals surface area contributed by atoms with Gasteiger partial charge in [0.15, 0.2) is 11.6 Å². The van der Waals surface area contributed by atoms with Crippen LogP contribution in [0.5, 0.6) is 5.75 Å². The summed E-state index contributed by atoms with van der Waals surface area (Å²) in [5, 5.41) is 23.0. The molecular formula is C107H101BrCl2N26O7. The van der Waals surface area contributed by atoms with E-state index in [1.165, 1.54) is 13.1 Å². The molecule has 722 valence electrons. The summed E-state index contributed by atoms with van der Waals surface area (Å²) in [5.74, 6) is 4.86. The molecule has 0 radical (unpaired) electrons. The number of aromatic amines is 1. The number of amides is 4. The lowest BCUT2D eigenvalue weighted by atomic mass is 10.0. The number of rotatable bonds is 25. The van der Waals surface area contributed by atoms with Crippen LogP contribution in [0.1, 0.15) is 99.4 Å². The van der Waals surface area contributed by atoms with Crippen LogP contribution in [-0.4, -0.2) is 177 Å². The molecule has 20 rings (SSSR count). The second kappa shape index (κ2) is 47.2. The SMILES string of the molecule is CC(=O)NCCN1CCN(c2ncc(Cl)cc2C(=O)CCc2ccc3c(N)nccc3c2)CC1.COc1ccccc1-c1cncc(C(=O)NCc2ccc3c(N)nccc3c2)c1.Nc1nccc2cc(CCC(=O)c3cc(Cl)cnc3N3CCN(c4ncccn4)CC3)ccc12.Nc1nccc2cc(CNC(=O)c3cnc4[nH]ccc4c3)ccc12.Nc1nccc2cc(CNC(=O)c3cncc(Br)c3)ccc12. The first-order valence-electron chi connectivity index (χ1n) is 46.0. The number of Topliss-reactive ketones (excluding diaryl/α,β-unsaturated/α-hetero) is 2. The van der Waals surface area contributed by atoms with Gasteiger partial charge in [-0.15, -0.1) is 0 Å². The number of aromatic nitrogens is 13. The van der Waals surface area contributed by atoms with E-state index in [0.29, 0.717) is 144 Å². The summed E-state index contributed by atoms with van der Waals surface area (Å²) in [7, 11) is 1.62. The molecule has 0 bridgehead atoms. The number of nitrogen functional groups attached to an aromatic ring is 5. The van der Waals surface area contributed by atoms with Gasteiger partial charge < -0.3 is 74.4 Å². The molecular weight excluding hydrogens is 1910 g/mol. The van der Waals surface area contributed by atoms with Crippen LogP contribution in [-0.2, 0) is 37.3 Å². The Labute approximate surface area is 841 Å². The van der Waals surface area contributed by atoms with Crippen LogP contribution >= 0.6 is 39.1 Å². The first kappa shape index (κ1) is 99.2. The van der Waals surface area contributed by atoms with Crippen LogP contribution in [0.15, 0.2) is 285 Å². The van der Waals surface area contributed by atoms with Crippen molar-refractivity contribution in [3.63, 3.8) is 0 Å². The van der Waals surface area contributed by atoms with Crippen molar-refractivity contribution in [1.29, 1.82) is 0 Å². The molecule has 2 aliphatic heterocycles. The number of nitrogens with one attached hydrogen (secondary N) is 5. The number of nitrogens with zero attached hydrogens (tertiary/aromatic N) is 16. The maximum atomic E-state index is 13.3. The van der Waals surface area contributed by atoms with E-state index in [-0.39, 0.29) is 35.2 Å². The number of para-hydroxylation sites is 1. The van der Waals surface area contributed by atoms with Gasteiger partial charge in [-0.25, -0.2) is 49.8 Å². The number of methoxy groups -OCH3 is 1. The number of pyridine rings is 10. The number of benzene rings is 6. The number of ether oxygens (including phenoxy) is 1. The van der Waals surface area contributed by atoms with E-state index in [1.807, 2.05) is 152 Å². The summed E-state index contributed by atoms with van der Waals surface area (Å²) in [6.07, 6.45) is 26.9. The number of carbonyl (C=O) groups excluding carboxylic acids is 6. The number of halogens is 3. The van der Waals surface area contributed by atoms with E-state index in [0.717, 1.165) is 166 Å². The maximum absolute atomic E-state index is 13.3. The minimum absolute atomic E-state index is 0.0167. The molecule has 0 spiro atoms. The molecule has 18 aromatic rings. The number of ketones is 2. The number of aryl methyl sites for hydroxylation is 2. The fraction of sp³-hybridized carbons (Fsp3) is 0.178. The van der Waals surface area contributed by atoms with Crippen LogP contribution in [0.3, 0.4) is 0 Å². The number of H-pyrrole nitrogens is 1. The third-order valence-electron chi connectivity index (χ3n) is 24.1. The second-order valence-corrected chi connectivity index (χ2v) is 35.5. The molecule has 33 nitrogen and oxygen atoms in total. The lowest BCUT2D eigenvalue weighted by molar-refractivity contribution is -0.119. The molecule has 15 N–H and O–H groups in total. The highest BCUT2D eigenvalue weighted by Crippen LogP contribution is 2.34. The zero-order valence-electron chi connectivity index (χ0n) is 78.1. The van der Waals surface area contributed by atoms with E-state index in [4.69, 9.17) is 56.6 Å². The Morgan fingerprint density at radius 2 is 0.811 bits per heavy atom. The molecule has 0 aliphatic carbocycles. The zero-order valence-corrected chi connectivity index (χ0v) is 81.2. The van der Waals surface area contributed by atoms with Gasteiger partial charge in [-0.2, -0.15) is 0 Å². The van der Waals surface area contributed by atoms with Crippen LogP contribution in [0, 0.1) is 0 Å². The van der Waals surface area contributed by atoms with E-state index >= 15 is 0 Å². The molecule has 2 aliphatic rings. The molecule has 0 saturated carbocycles. The zero-order chi connectivity index (χ0) is 99.8. The first-order chi connectivity index (χ1) is 69.5. The third kappa shape index (κ3) is 25.8. The van der Waals surface area contributed by atoms with Crippen LogP contribution in [0.4, 0.5) is 46.7 Å². The van der Waals surface area contributed by atoms with Gasteiger partial charge in [-0.1, -0.05) is 114 Å². The lowest BCUT2D eigenvalue weighted by Gasteiger charge is -2.36. The standard InChI is InChI=1S/C25H24ClN7O.C25H29ClN6O2.C23H20N4O2.C18H15N5O.C16H13BrN4O/c26-19-15-21(22(34)5-3-17-2-4-20-18(14-17)6-9-28-23(20)27)24(31-16-19)32-10-12-33(13-11-32)25-29-7-1-8-30-25;1-17(33)28-8-9-31-10-12-32(13-11-31)25-22(15-20(26)16-30-25)23(34)5-3-18-2-4-21-19(14-18)6-7-29-24(21)27;1-29-21-5-3-2-4-19(21)17-11-18(14-25-13-17)23(28)27-12-15-6-7-20-16(10-15)8-9-26-22(20)24;19-16-15-2-1-11(7-12(15)3-5-20-16)9-23-18(24)14-8-13-4-6-21-17(13)22-10-14;17-13-6-12(8-19-9-13)16(22)21-7-10-1-2-14-11(5-10)3-4-20-15(14)18/h1-2,4,6-9,14-16H,3,5,10-13H2,(H2,27,28);2,4,6-7,14-16H,3,5,8-13H2,1H3,(H2,27,29)(H,28,33);2-11,13-14H,12H2,1H3,(H2,24,26)(H,27,28);1-8,10H,9H2,(H2,19,20)(H,21,22)(H,23,24);1-6,8-9H,7H2,(H2,18,20)(H,21,22). The highest BCUT2D eigenvalue weighted by Gasteiger charge is 2.27. The molecule has 14 heterocycles. The molecule has 36 heteroatoms. The molecule has 2 saturated heterocycles. The van der Waals surface area contributed by atoms with Crippen molar-refractivity contribution in [2.75, 3.05) is 116 Å². The quantitative estimate of drug-likeness (QED) is 0.0238. The van der Waals surface area contributed by atoms with Gasteiger partial charge in [0.05, 0.1) is 45.0 Å². The van der Waals surface area contributed by atoms with Crippen LogP contribution in [0.2, 0.25) is 10.0 Å². The average molecular weight is 2010 g/mol. The maximum Gasteiger partial charge on any atom is 0.253 e. The highest BCUT2D eigenvalue weighted by atomic mass is 79.9. The fourth-order valence-electron chi connectivity index (χ4n) is 16.7. The van der Waals surface area contributed by atoms with Gasteiger partial charge in [0, 0.05) is 246 Å². The normalized spacial score (nSPS) is 12.4. The third-order valence-corrected chi connectivity index (χ3v) is 25.0. The van der Waals surface area contributed by atoms with Gasteiger partial charge in [-0.3, -0.25) is 43.6 Å². The monoisotopic (exact) mass is 2010 g/mol. The number of anilines is 8. The second-order valence-electron chi connectivity index (χ2n) is 33.7. The van der Waals surface area contributed by atoms with Crippen molar-refractivity contribution in [2.24, 2.45) is 0 Å². The number of fused-ring (bicyclic) bond motifs is 6. The van der Waals surface area contributed by atoms with Crippen molar-refractivity contribution >= 4 is 186 Å². The summed E-state index contributed by atoms with van der Waals surface area (Å²) >= 11 is 15.7. The number of hydrogen-bond acceptors (Lipinski definition) is 28. The summed E-state index contributed by atoms with van der Waals surface area (Å²) in [5.41, 5.74) is 39.7. The fourth-order valence-corrected chi connectivity index (χ4v) is 17.3. The Morgan fingerprint density at radius 3 is 1.26 bits per heavy atom. The van der Waals surface area contributed by atoms with Gasteiger partial charge in [0.2, 0.25) is 11.9 Å². The lowest BCUT2D eigenvalue weighted by Crippen LogP contribution is -2.49. The Hall–Kier alpha value is -16.8. The number of nitrogens with two attached hydrogens (primary N) is 5. The predicted molar refractivity (Wildman–Crippen MR) is 566 cm³/mol. The molecule has 0 unspecified atom stereocenters. The molecule has 12 aromatic heterocycles. The Morgan fingerprint density at radius 1 is 0.399 bits per heavy atom. The van der Waals surface area contributed by atoms with Crippen molar-refractivity contribution in [3.05, 3.63) is 351 Å². The highest BCUT2D eigenvalue weighted by molar-refractivity contribution is 9.10. The van der Waals surface area contributed by atoms with E-state index in [2.05, 4.69) is 134 Å². The number of hydrogen-bond donors (Lipinski definition) is 10. The summed E-state index contributed by atoms with van der Waals surface area (Å²) in [4.78, 5) is 137. The van der Waals surface area contributed by atoms with Gasteiger partial charge in [0.25, 0.3) is 17.7 Å². The van der Waals surface area contributed by atoms with Crippen LogP contribution in [0.25, 0.3) is 76.0 Å². The summed E-state index contributed by atoms with van der Waals surface area (Å²) in [6.45, 7) is 10.4. The Balaban J connectivity index is 0.000000130. The van der Waals surface area contributed by atoms with Crippen molar-refractivity contribution < 1.29 is 33.5 Å². The average Bonchev–Trinajstić information content (AvgIpc) is 1.46. The largest absolute Gasteiger partial charge is 0.496 e. The van der Waals surface area contributed by atoms with Crippen molar-refractivity contribution in [1.82, 2.24) is 91.0 Å². The predicted octanol–water partition coefficient (Wildman–Crippen LogP) is 16.1. The van der Waals surface area contributed by atoms with Gasteiger partial charge in [0.1, 0.15) is 52.1 Å².